The van der Waals surface area contributed by atoms with E-state index in [2.05, 4.69) is 5.32 Å². The summed E-state index contributed by atoms with van der Waals surface area (Å²) in [5.74, 6) is 0.0180. The van der Waals surface area contributed by atoms with Crippen molar-refractivity contribution in [2.45, 2.75) is 52.0 Å². The van der Waals surface area contributed by atoms with Gasteiger partial charge in [0.25, 0.3) is 5.91 Å². The Morgan fingerprint density at radius 2 is 1.89 bits per heavy atom. The first kappa shape index (κ1) is 21.9. The van der Waals surface area contributed by atoms with Crippen molar-refractivity contribution in [3.05, 3.63) is 39.8 Å². The SMILES string of the molecule is CC(C)(C)NC(=O)CCCCCN1C(=O)/C(=C/c2ccc(Cl)cc2)SC1=S. The number of hydrogen-bond acceptors (Lipinski definition) is 4. The Morgan fingerprint density at radius 1 is 1.22 bits per heavy atom. The second-order valence-corrected chi connectivity index (χ2v) is 9.61. The number of rotatable bonds is 7. The van der Waals surface area contributed by atoms with Crippen molar-refractivity contribution in [2.75, 3.05) is 6.54 Å². The number of thioether (sulfide) groups is 1. The highest BCUT2D eigenvalue weighted by Crippen LogP contribution is 2.32. The summed E-state index contributed by atoms with van der Waals surface area (Å²) in [4.78, 5) is 26.7. The van der Waals surface area contributed by atoms with Crippen molar-refractivity contribution in [1.82, 2.24) is 10.2 Å². The highest BCUT2D eigenvalue weighted by Gasteiger charge is 2.31. The molecule has 0 atom stereocenters. The average Bonchev–Trinajstić information content (AvgIpc) is 2.82. The van der Waals surface area contributed by atoms with E-state index in [0.29, 0.717) is 27.2 Å². The molecule has 1 N–H and O–H groups in total. The lowest BCUT2D eigenvalue weighted by atomic mass is 10.1. The maximum atomic E-state index is 12.6. The number of nitrogens with zero attached hydrogens (tertiary/aromatic N) is 1. The molecule has 7 heteroatoms. The molecule has 1 aliphatic rings. The molecule has 0 spiro atoms. The van der Waals surface area contributed by atoms with Crippen molar-refractivity contribution in [3.8, 4) is 0 Å². The number of nitrogens with one attached hydrogen (secondary N) is 1. The molecular formula is C20H25ClN2O2S2. The molecule has 1 saturated heterocycles. The van der Waals surface area contributed by atoms with Crippen LogP contribution >= 0.6 is 35.6 Å². The van der Waals surface area contributed by atoms with E-state index in [9.17, 15) is 9.59 Å². The maximum Gasteiger partial charge on any atom is 0.266 e. The molecular weight excluding hydrogens is 400 g/mol. The molecule has 0 saturated carbocycles. The molecule has 2 amide bonds. The number of carbonyl (C=O) groups excluding carboxylic acids is 2. The van der Waals surface area contributed by atoms with E-state index in [1.165, 1.54) is 11.8 Å². The summed E-state index contributed by atoms with van der Waals surface area (Å²) in [6.07, 6.45) is 4.85. The van der Waals surface area contributed by atoms with Crippen LogP contribution in [0.1, 0.15) is 52.0 Å². The van der Waals surface area contributed by atoms with E-state index >= 15 is 0 Å². The lowest BCUT2D eigenvalue weighted by molar-refractivity contribution is -0.123. The van der Waals surface area contributed by atoms with Crippen LogP contribution in [0.15, 0.2) is 29.2 Å². The minimum absolute atomic E-state index is 0.0505. The van der Waals surface area contributed by atoms with E-state index in [1.807, 2.05) is 39.0 Å². The van der Waals surface area contributed by atoms with Gasteiger partial charge in [0, 0.05) is 23.5 Å². The van der Waals surface area contributed by atoms with E-state index in [1.54, 1.807) is 17.0 Å². The van der Waals surface area contributed by atoms with Gasteiger partial charge in [-0.25, -0.2) is 0 Å². The Bertz CT molecular complexity index is 739. The molecule has 0 radical (unpaired) electrons. The minimum Gasteiger partial charge on any atom is -0.352 e. The fraction of sp³-hybridized carbons (Fsp3) is 0.450. The molecule has 1 aliphatic heterocycles. The summed E-state index contributed by atoms with van der Waals surface area (Å²) in [6.45, 7) is 6.50. The largest absolute Gasteiger partial charge is 0.352 e. The molecule has 4 nitrogen and oxygen atoms in total. The average molecular weight is 425 g/mol. The van der Waals surface area contributed by atoms with Gasteiger partial charge < -0.3 is 5.32 Å². The molecule has 1 aromatic carbocycles. The van der Waals surface area contributed by atoms with Crippen LogP contribution in [0.25, 0.3) is 6.08 Å². The summed E-state index contributed by atoms with van der Waals surface area (Å²) in [5, 5.41) is 3.62. The van der Waals surface area contributed by atoms with Crippen molar-refractivity contribution < 1.29 is 9.59 Å². The number of halogens is 1. The smallest absolute Gasteiger partial charge is 0.266 e. The Balaban J connectivity index is 1.79. The number of benzene rings is 1. The summed E-state index contributed by atoms with van der Waals surface area (Å²) >= 11 is 12.6. The monoisotopic (exact) mass is 424 g/mol. The molecule has 0 aliphatic carbocycles. The van der Waals surface area contributed by atoms with Gasteiger partial charge in [0.2, 0.25) is 5.91 Å². The topological polar surface area (TPSA) is 49.4 Å². The first-order valence-corrected chi connectivity index (χ1v) is 10.6. The van der Waals surface area contributed by atoms with Crippen LogP contribution in [0.3, 0.4) is 0 Å². The normalized spacial score (nSPS) is 16.3. The van der Waals surface area contributed by atoms with E-state index in [-0.39, 0.29) is 17.4 Å². The molecule has 0 bridgehead atoms. The molecule has 1 fully saturated rings. The molecule has 1 aromatic rings. The Hall–Kier alpha value is -1.37. The standard InChI is InChI=1S/C20H25ClN2O2S2/c1-20(2,3)22-17(24)7-5-4-6-12-23-18(25)16(27-19(23)26)13-14-8-10-15(21)11-9-14/h8-11,13H,4-7,12H2,1-3H3,(H,22,24)/b16-13-. The summed E-state index contributed by atoms with van der Waals surface area (Å²) < 4.78 is 0.589. The van der Waals surface area contributed by atoms with Gasteiger partial charge >= 0.3 is 0 Å². The van der Waals surface area contributed by atoms with Crippen molar-refractivity contribution in [3.63, 3.8) is 0 Å². The van der Waals surface area contributed by atoms with Crippen LogP contribution < -0.4 is 5.32 Å². The number of amides is 2. The number of hydrogen-bond donors (Lipinski definition) is 1. The van der Waals surface area contributed by atoms with Crippen molar-refractivity contribution in [2.24, 2.45) is 0 Å². The van der Waals surface area contributed by atoms with Gasteiger partial charge in [-0.3, -0.25) is 14.5 Å². The molecule has 2 rings (SSSR count). The summed E-state index contributed by atoms with van der Waals surface area (Å²) in [5.41, 5.74) is 0.722. The maximum absolute atomic E-state index is 12.6. The van der Waals surface area contributed by atoms with E-state index < -0.39 is 0 Å². The minimum atomic E-state index is -0.199. The first-order valence-electron chi connectivity index (χ1n) is 8.98. The third-order valence-corrected chi connectivity index (χ3v) is 5.47. The molecule has 27 heavy (non-hydrogen) atoms. The predicted octanol–water partition coefficient (Wildman–Crippen LogP) is 5.02. The number of carbonyl (C=O) groups is 2. The van der Waals surface area contributed by atoms with Gasteiger partial charge in [-0.15, -0.1) is 0 Å². The predicted molar refractivity (Wildman–Crippen MR) is 118 cm³/mol. The van der Waals surface area contributed by atoms with Crippen LogP contribution in [0.4, 0.5) is 0 Å². The number of thiocarbonyl (C=S) groups is 1. The third-order valence-electron chi connectivity index (χ3n) is 3.84. The van der Waals surface area contributed by atoms with Gasteiger partial charge in [-0.1, -0.05) is 54.1 Å². The summed E-state index contributed by atoms with van der Waals surface area (Å²) in [7, 11) is 0. The lowest BCUT2D eigenvalue weighted by Gasteiger charge is -2.20. The van der Waals surface area contributed by atoms with Crippen LogP contribution in [0, 0.1) is 0 Å². The second kappa shape index (κ2) is 9.71. The zero-order valence-corrected chi connectivity index (χ0v) is 18.3. The highest BCUT2D eigenvalue weighted by molar-refractivity contribution is 8.26. The quantitative estimate of drug-likeness (QED) is 0.379. The highest BCUT2D eigenvalue weighted by atomic mass is 35.5. The first-order chi connectivity index (χ1) is 12.7. The number of unbranched alkanes of at least 4 members (excludes halogenated alkanes) is 2. The van der Waals surface area contributed by atoms with Gasteiger partial charge in [-0.2, -0.15) is 0 Å². The molecule has 0 unspecified atom stereocenters. The van der Waals surface area contributed by atoms with Crippen LogP contribution in [-0.4, -0.2) is 33.1 Å². The van der Waals surface area contributed by atoms with Crippen LogP contribution in [-0.2, 0) is 9.59 Å². The molecule has 1 heterocycles. The van der Waals surface area contributed by atoms with Crippen molar-refractivity contribution >= 4 is 57.8 Å². The van der Waals surface area contributed by atoms with Gasteiger partial charge in [0.15, 0.2) is 0 Å². The Labute approximate surface area is 175 Å². The van der Waals surface area contributed by atoms with Crippen LogP contribution in [0.2, 0.25) is 5.02 Å². The molecule has 146 valence electrons. The second-order valence-electron chi connectivity index (χ2n) is 7.49. The van der Waals surface area contributed by atoms with Gasteiger partial charge in [-0.05, 0) is 57.4 Å². The van der Waals surface area contributed by atoms with Crippen LogP contribution in [0.5, 0.6) is 0 Å². The third kappa shape index (κ3) is 7.28. The Kier molecular flexibility index (Phi) is 7.89. The van der Waals surface area contributed by atoms with E-state index in [0.717, 1.165) is 24.8 Å². The lowest BCUT2D eigenvalue weighted by Crippen LogP contribution is -2.40. The van der Waals surface area contributed by atoms with Gasteiger partial charge in [0.1, 0.15) is 4.32 Å². The van der Waals surface area contributed by atoms with E-state index in [4.69, 9.17) is 23.8 Å². The van der Waals surface area contributed by atoms with Crippen molar-refractivity contribution in [1.29, 1.82) is 0 Å². The van der Waals surface area contributed by atoms with Gasteiger partial charge in [0.05, 0.1) is 4.91 Å². The molecule has 0 aromatic heterocycles. The fourth-order valence-electron chi connectivity index (χ4n) is 2.62. The zero-order valence-electron chi connectivity index (χ0n) is 15.9. The zero-order chi connectivity index (χ0) is 20.0. The summed E-state index contributed by atoms with van der Waals surface area (Å²) in [6, 6.07) is 7.34. The fourth-order valence-corrected chi connectivity index (χ4v) is 4.05. The Morgan fingerprint density at radius 3 is 2.52 bits per heavy atom.